The Balaban J connectivity index is 2.59. The normalized spacial score (nSPS) is 10.4. The van der Waals surface area contributed by atoms with E-state index < -0.39 is 0 Å². The van der Waals surface area contributed by atoms with E-state index in [1.807, 2.05) is 13.0 Å². The van der Waals surface area contributed by atoms with Gasteiger partial charge in [0, 0.05) is 16.6 Å². The maximum atomic E-state index is 11.2. The predicted molar refractivity (Wildman–Crippen MR) is 59.8 cm³/mol. The lowest BCUT2D eigenvalue weighted by atomic mass is 10.1. The van der Waals surface area contributed by atoms with Crippen molar-refractivity contribution in [2.45, 2.75) is 13.8 Å². The van der Waals surface area contributed by atoms with Crippen LogP contribution in [-0.4, -0.2) is 4.98 Å². The molecule has 2 heterocycles. The van der Waals surface area contributed by atoms with Crippen LogP contribution in [0.2, 0.25) is 0 Å². The van der Waals surface area contributed by atoms with Gasteiger partial charge in [0.2, 0.25) is 0 Å². The van der Waals surface area contributed by atoms with Gasteiger partial charge in [-0.25, -0.2) is 0 Å². The molecule has 72 valence electrons. The Bertz CT molecular complexity index is 510. The highest BCUT2D eigenvalue weighted by Gasteiger charge is 2.03. The van der Waals surface area contributed by atoms with Crippen molar-refractivity contribution in [3.8, 4) is 11.1 Å². The van der Waals surface area contributed by atoms with Gasteiger partial charge in [-0.3, -0.25) is 4.79 Å². The van der Waals surface area contributed by atoms with Crippen molar-refractivity contribution in [1.82, 2.24) is 4.98 Å². The highest BCUT2D eigenvalue weighted by molar-refractivity contribution is 7.10. The SMILES string of the molecule is Cc1sccc1-c1c[nH]c(=O)c(C)c1. The molecule has 2 nitrogen and oxygen atoms in total. The summed E-state index contributed by atoms with van der Waals surface area (Å²) in [5, 5.41) is 2.06. The fraction of sp³-hybridized carbons (Fsp3) is 0.182. The fourth-order valence-electron chi connectivity index (χ4n) is 1.44. The Labute approximate surface area is 86.2 Å². The van der Waals surface area contributed by atoms with Crippen LogP contribution in [0.15, 0.2) is 28.5 Å². The van der Waals surface area contributed by atoms with Gasteiger partial charge in [-0.1, -0.05) is 0 Å². The molecule has 0 saturated heterocycles. The molecular weight excluding hydrogens is 194 g/mol. The van der Waals surface area contributed by atoms with Crippen molar-refractivity contribution >= 4 is 11.3 Å². The van der Waals surface area contributed by atoms with Crippen LogP contribution in [0.5, 0.6) is 0 Å². The first kappa shape index (κ1) is 9.21. The number of hydrogen-bond donors (Lipinski definition) is 1. The summed E-state index contributed by atoms with van der Waals surface area (Å²) in [6.07, 6.45) is 1.77. The van der Waals surface area contributed by atoms with Crippen LogP contribution in [0.1, 0.15) is 10.4 Å². The maximum Gasteiger partial charge on any atom is 0.250 e. The summed E-state index contributed by atoms with van der Waals surface area (Å²) in [5.74, 6) is 0. The van der Waals surface area contributed by atoms with Crippen LogP contribution >= 0.6 is 11.3 Å². The van der Waals surface area contributed by atoms with E-state index >= 15 is 0 Å². The van der Waals surface area contributed by atoms with E-state index in [-0.39, 0.29) is 5.56 Å². The number of aromatic amines is 1. The molecule has 2 aromatic heterocycles. The number of H-pyrrole nitrogens is 1. The van der Waals surface area contributed by atoms with E-state index in [2.05, 4.69) is 23.4 Å². The van der Waals surface area contributed by atoms with Crippen molar-refractivity contribution in [3.63, 3.8) is 0 Å². The van der Waals surface area contributed by atoms with Gasteiger partial charge < -0.3 is 4.98 Å². The Morgan fingerprint density at radius 2 is 2.14 bits per heavy atom. The number of pyridine rings is 1. The third-order valence-corrected chi connectivity index (χ3v) is 3.10. The number of nitrogens with one attached hydrogen (secondary N) is 1. The summed E-state index contributed by atoms with van der Waals surface area (Å²) in [6.45, 7) is 3.91. The minimum absolute atomic E-state index is 0.0124. The zero-order chi connectivity index (χ0) is 10.1. The Morgan fingerprint density at radius 3 is 2.71 bits per heavy atom. The van der Waals surface area contributed by atoms with Gasteiger partial charge in [0.1, 0.15) is 0 Å². The maximum absolute atomic E-state index is 11.2. The van der Waals surface area contributed by atoms with E-state index in [9.17, 15) is 4.79 Å². The minimum Gasteiger partial charge on any atom is -0.328 e. The number of aromatic nitrogens is 1. The lowest BCUT2D eigenvalue weighted by molar-refractivity contribution is 1.18. The van der Waals surface area contributed by atoms with Crippen LogP contribution in [0.4, 0.5) is 0 Å². The molecule has 0 saturated carbocycles. The predicted octanol–water partition coefficient (Wildman–Crippen LogP) is 2.72. The molecule has 0 spiro atoms. The largest absolute Gasteiger partial charge is 0.328 e. The smallest absolute Gasteiger partial charge is 0.250 e. The Morgan fingerprint density at radius 1 is 1.36 bits per heavy atom. The van der Waals surface area contributed by atoms with Crippen molar-refractivity contribution in [3.05, 3.63) is 44.5 Å². The summed E-state index contributed by atoms with van der Waals surface area (Å²) in [4.78, 5) is 15.2. The van der Waals surface area contributed by atoms with Crippen molar-refractivity contribution in [1.29, 1.82) is 0 Å². The molecule has 2 aromatic rings. The van der Waals surface area contributed by atoms with Crippen LogP contribution < -0.4 is 5.56 Å². The second-order valence-electron chi connectivity index (χ2n) is 3.29. The standard InChI is InChI=1S/C11H11NOS/c1-7-5-9(6-12-11(7)13)10-3-4-14-8(10)2/h3-6H,1-2H3,(H,12,13). The van der Waals surface area contributed by atoms with E-state index in [0.29, 0.717) is 0 Å². The van der Waals surface area contributed by atoms with Gasteiger partial charge in [-0.15, -0.1) is 11.3 Å². The van der Waals surface area contributed by atoms with Gasteiger partial charge in [-0.05, 0) is 42.5 Å². The van der Waals surface area contributed by atoms with E-state index in [0.717, 1.165) is 11.1 Å². The van der Waals surface area contributed by atoms with Crippen LogP contribution in [0, 0.1) is 13.8 Å². The molecule has 0 amide bonds. The zero-order valence-corrected chi connectivity index (χ0v) is 8.94. The summed E-state index contributed by atoms with van der Waals surface area (Å²) < 4.78 is 0. The van der Waals surface area contributed by atoms with E-state index in [1.54, 1.807) is 17.5 Å². The van der Waals surface area contributed by atoms with Gasteiger partial charge in [0.25, 0.3) is 5.56 Å². The second-order valence-corrected chi connectivity index (χ2v) is 4.41. The Kier molecular flexibility index (Phi) is 2.25. The molecule has 0 aliphatic rings. The highest BCUT2D eigenvalue weighted by atomic mass is 32.1. The average molecular weight is 205 g/mol. The van der Waals surface area contributed by atoms with Crippen LogP contribution in [0.3, 0.4) is 0 Å². The summed E-state index contributed by atoms with van der Waals surface area (Å²) in [7, 11) is 0. The fourth-order valence-corrected chi connectivity index (χ4v) is 2.16. The molecule has 0 aromatic carbocycles. The lowest BCUT2D eigenvalue weighted by Crippen LogP contribution is -2.07. The first-order valence-electron chi connectivity index (χ1n) is 4.42. The number of aryl methyl sites for hydroxylation is 2. The molecule has 0 atom stereocenters. The summed E-state index contributed by atoms with van der Waals surface area (Å²) >= 11 is 1.72. The van der Waals surface area contributed by atoms with Gasteiger partial charge in [-0.2, -0.15) is 0 Å². The zero-order valence-electron chi connectivity index (χ0n) is 8.13. The number of hydrogen-bond acceptors (Lipinski definition) is 2. The highest BCUT2D eigenvalue weighted by Crippen LogP contribution is 2.26. The Hall–Kier alpha value is -1.35. The molecule has 0 radical (unpaired) electrons. The molecule has 3 heteroatoms. The molecule has 0 aliphatic heterocycles. The molecule has 0 aliphatic carbocycles. The summed E-state index contributed by atoms with van der Waals surface area (Å²) in [6, 6.07) is 4.00. The molecule has 2 rings (SSSR count). The third-order valence-electron chi connectivity index (χ3n) is 2.26. The van der Waals surface area contributed by atoms with Gasteiger partial charge in [0.15, 0.2) is 0 Å². The molecule has 0 bridgehead atoms. The quantitative estimate of drug-likeness (QED) is 0.763. The van der Waals surface area contributed by atoms with Gasteiger partial charge in [0.05, 0.1) is 0 Å². The third kappa shape index (κ3) is 1.51. The first-order valence-corrected chi connectivity index (χ1v) is 5.30. The van der Waals surface area contributed by atoms with Crippen molar-refractivity contribution in [2.75, 3.05) is 0 Å². The monoisotopic (exact) mass is 205 g/mol. The van der Waals surface area contributed by atoms with Crippen LogP contribution in [0.25, 0.3) is 11.1 Å². The second kappa shape index (κ2) is 3.42. The average Bonchev–Trinajstić information content (AvgIpc) is 2.57. The molecule has 0 fully saturated rings. The number of thiophene rings is 1. The topological polar surface area (TPSA) is 32.9 Å². The molecule has 1 N–H and O–H groups in total. The molecular formula is C11H11NOS. The lowest BCUT2D eigenvalue weighted by Gasteiger charge is -2.00. The van der Waals surface area contributed by atoms with E-state index in [4.69, 9.17) is 0 Å². The molecule has 0 unspecified atom stereocenters. The van der Waals surface area contributed by atoms with Crippen LogP contribution in [-0.2, 0) is 0 Å². The van der Waals surface area contributed by atoms with E-state index in [1.165, 1.54) is 10.4 Å². The van der Waals surface area contributed by atoms with Gasteiger partial charge >= 0.3 is 0 Å². The first-order chi connectivity index (χ1) is 6.68. The number of rotatable bonds is 1. The summed E-state index contributed by atoms with van der Waals surface area (Å²) in [5.41, 5.74) is 3.03. The van der Waals surface area contributed by atoms with Crippen molar-refractivity contribution < 1.29 is 0 Å². The van der Waals surface area contributed by atoms with Crippen molar-refractivity contribution in [2.24, 2.45) is 0 Å². The molecule has 14 heavy (non-hydrogen) atoms. The minimum atomic E-state index is -0.0124.